The maximum Gasteiger partial charge on any atom is 0.371 e. The van der Waals surface area contributed by atoms with Crippen LogP contribution in [0.15, 0.2) is 16.5 Å². The standard InChI is InChI=1S/C10H14O4S/c1-7(2)5-15(13)6-8-3-4-9(14-8)10(11)12/h3-4,7H,5-6H2,1-2H3,(H,11,12). The van der Waals surface area contributed by atoms with Crippen molar-refractivity contribution in [2.45, 2.75) is 19.6 Å². The summed E-state index contributed by atoms with van der Waals surface area (Å²) in [5, 5.41) is 8.61. The highest BCUT2D eigenvalue weighted by Gasteiger charge is 2.11. The van der Waals surface area contributed by atoms with Crippen molar-refractivity contribution in [1.82, 2.24) is 0 Å². The lowest BCUT2D eigenvalue weighted by atomic mass is 10.3. The molecule has 15 heavy (non-hydrogen) atoms. The van der Waals surface area contributed by atoms with E-state index in [9.17, 15) is 9.00 Å². The Balaban J connectivity index is 2.57. The fraction of sp³-hybridized carbons (Fsp3) is 0.500. The Morgan fingerprint density at radius 3 is 2.67 bits per heavy atom. The fourth-order valence-corrected chi connectivity index (χ4v) is 2.49. The molecule has 1 aromatic rings. The van der Waals surface area contributed by atoms with Crippen molar-refractivity contribution in [3.63, 3.8) is 0 Å². The predicted octanol–water partition coefficient (Wildman–Crippen LogP) is 1.88. The lowest BCUT2D eigenvalue weighted by molar-refractivity contribution is 0.0661. The molecule has 4 nitrogen and oxygen atoms in total. The summed E-state index contributed by atoms with van der Waals surface area (Å²) < 4.78 is 16.5. The van der Waals surface area contributed by atoms with Gasteiger partial charge < -0.3 is 9.52 Å². The minimum absolute atomic E-state index is 0.105. The Hall–Kier alpha value is -1.10. The van der Waals surface area contributed by atoms with Crippen molar-refractivity contribution in [2.75, 3.05) is 5.75 Å². The van der Waals surface area contributed by atoms with Gasteiger partial charge in [0.05, 0.1) is 5.75 Å². The van der Waals surface area contributed by atoms with E-state index in [0.29, 0.717) is 17.4 Å². The van der Waals surface area contributed by atoms with Gasteiger partial charge in [0.25, 0.3) is 0 Å². The molecule has 0 radical (unpaired) electrons. The van der Waals surface area contributed by atoms with Crippen LogP contribution in [-0.2, 0) is 16.6 Å². The average Bonchev–Trinajstić information content (AvgIpc) is 2.50. The molecule has 1 unspecified atom stereocenters. The molecule has 0 aliphatic rings. The molecular weight excluding hydrogens is 216 g/mol. The van der Waals surface area contributed by atoms with Crippen LogP contribution in [0.1, 0.15) is 30.2 Å². The van der Waals surface area contributed by atoms with Crippen molar-refractivity contribution in [1.29, 1.82) is 0 Å². The van der Waals surface area contributed by atoms with Crippen LogP contribution >= 0.6 is 0 Å². The number of rotatable bonds is 5. The summed E-state index contributed by atoms with van der Waals surface area (Å²) in [7, 11) is -0.988. The molecule has 0 bridgehead atoms. The van der Waals surface area contributed by atoms with E-state index in [1.807, 2.05) is 13.8 Å². The molecule has 0 saturated carbocycles. The van der Waals surface area contributed by atoms with Crippen LogP contribution in [0, 0.1) is 5.92 Å². The van der Waals surface area contributed by atoms with Crippen LogP contribution in [0.25, 0.3) is 0 Å². The first kappa shape index (κ1) is 12.0. The van der Waals surface area contributed by atoms with Gasteiger partial charge in [0, 0.05) is 16.6 Å². The van der Waals surface area contributed by atoms with Crippen LogP contribution < -0.4 is 0 Å². The molecule has 0 aliphatic heterocycles. The summed E-state index contributed by atoms with van der Waals surface area (Å²) in [5.74, 6) is 0.503. The molecule has 0 amide bonds. The Labute approximate surface area is 90.7 Å². The van der Waals surface area contributed by atoms with Crippen LogP contribution in [0.3, 0.4) is 0 Å². The molecule has 1 heterocycles. The SMILES string of the molecule is CC(C)CS(=O)Cc1ccc(C(=O)O)o1. The first-order valence-corrected chi connectivity index (χ1v) is 6.15. The molecule has 84 valence electrons. The highest BCUT2D eigenvalue weighted by Crippen LogP contribution is 2.11. The maximum atomic E-state index is 11.5. The van der Waals surface area contributed by atoms with Gasteiger partial charge in [0.15, 0.2) is 0 Å². The van der Waals surface area contributed by atoms with Gasteiger partial charge in [0.2, 0.25) is 5.76 Å². The Bertz CT molecular complexity index is 367. The molecule has 0 fully saturated rings. The summed E-state index contributed by atoms with van der Waals surface area (Å²) >= 11 is 0. The molecular formula is C10H14O4S. The second-order valence-electron chi connectivity index (χ2n) is 3.72. The quantitative estimate of drug-likeness (QED) is 0.838. The molecule has 0 spiro atoms. The average molecular weight is 230 g/mol. The third-order valence-electron chi connectivity index (χ3n) is 1.69. The van der Waals surface area contributed by atoms with E-state index < -0.39 is 16.8 Å². The Kier molecular flexibility index (Phi) is 4.08. The topological polar surface area (TPSA) is 67.5 Å². The van der Waals surface area contributed by atoms with Crippen LogP contribution in [-0.4, -0.2) is 21.0 Å². The lowest BCUT2D eigenvalue weighted by Crippen LogP contribution is -2.06. The highest BCUT2D eigenvalue weighted by molar-refractivity contribution is 7.84. The molecule has 1 N–H and O–H groups in total. The molecule has 0 aliphatic carbocycles. The van der Waals surface area contributed by atoms with Crippen LogP contribution in [0.5, 0.6) is 0 Å². The second-order valence-corrected chi connectivity index (χ2v) is 5.22. The smallest absolute Gasteiger partial charge is 0.371 e. The number of aromatic carboxylic acids is 1. The number of carboxylic acids is 1. The van der Waals surface area contributed by atoms with E-state index in [1.165, 1.54) is 6.07 Å². The van der Waals surface area contributed by atoms with Gasteiger partial charge in [-0.1, -0.05) is 13.8 Å². The predicted molar refractivity (Wildman–Crippen MR) is 57.2 cm³/mol. The van der Waals surface area contributed by atoms with Crippen molar-refractivity contribution in [2.24, 2.45) is 5.92 Å². The third kappa shape index (κ3) is 3.87. The monoisotopic (exact) mass is 230 g/mol. The van der Waals surface area contributed by atoms with Gasteiger partial charge in [-0.2, -0.15) is 0 Å². The fourth-order valence-electron chi connectivity index (χ4n) is 1.16. The molecule has 1 aromatic heterocycles. The van der Waals surface area contributed by atoms with E-state index >= 15 is 0 Å². The third-order valence-corrected chi connectivity index (χ3v) is 3.34. The number of carbonyl (C=O) groups is 1. The van der Waals surface area contributed by atoms with Crippen molar-refractivity contribution >= 4 is 16.8 Å². The van der Waals surface area contributed by atoms with Crippen LogP contribution in [0.4, 0.5) is 0 Å². The zero-order valence-corrected chi connectivity index (χ0v) is 9.54. The van der Waals surface area contributed by atoms with E-state index in [2.05, 4.69) is 0 Å². The molecule has 1 atom stereocenters. The Morgan fingerprint density at radius 2 is 2.20 bits per heavy atom. The summed E-state index contributed by atoms with van der Waals surface area (Å²) in [4.78, 5) is 10.5. The molecule has 1 rings (SSSR count). The number of hydrogen-bond donors (Lipinski definition) is 1. The van der Waals surface area contributed by atoms with Crippen molar-refractivity contribution < 1.29 is 18.5 Å². The number of hydrogen-bond acceptors (Lipinski definition) is 3. The largest absolute Gasteiger partial charge is 0.475 e. The first-order valence-electron chi connectivity index (χ1n) is 4.66. The first-order chi connectivity index (χ1) is 6.99. The van der Waals surface area contributed by atoms with Crippen molar-refractivity contribution in [3.05, 3.63) is 23.7 Å². The van der Waals surface area contributed by atoms with Crippen LogP contribution in [0.2, 0.25) is 0 Å². The molecule has 0 aromatic carbocycles. The van der Waals surface area contributed by atoms with Gasteiger partial charge in [-0.25, -0.2) is 4.79 Å². The number of furan rings is 1. The van der Waals surface area contributed by atoms with Crippen molar-refractivity contribution in [3.8, 4) is 0 Å². The number of carboxylic acid groups (broad SMARTS) is 1. The highest BCUT2D eigenvalue weighted by atomic mass is 32.2. The molecule has 0 saturated heterocycles. The summed E-state index contributed by atoms with van der Waals surface area (Å²) in [6, 6.07) is 2.94. The van der Waals surface area contributed by atoms with Gasteiger partial charge in [-0.15, -0.1) is 0 Å². The summed E-state index contributed by atoms with van der Waals surface area (Å²) in [5.41, 5.74) is 0. The van der Waals surface area contributed by atoms with Gasteiger partial charge >= 0.3 is 5.97 Å². The van der Waals surface area contributed by atoms with E-state index in [4.69, 9.17) is 9.52 Å². The Morgan fingerprint density at radius 1 is 1.53 bits per heavy atom. The van der Waals surface area contributed by atoms with Gasteiger partial charge in [-0.3, -0.25) is 4.21 Å². The zero-order chi connectivity index (χ0) is 11.4. The maximum absolute atomic E-state index is 11.5. The zero-order valence-electron chi connectivity index (χ0n) is 8.73. The van der Waals surface area contributed by atoms with Gasteiger partial charge in [0.1, 0.15) is 5.76 Å². The summed E-state index contributed by atoms with van der Waals surface area (Å²) in [6.07, 6.45) is 0. The van der Waals surface area contributed by atoms with E-state index in [1.54, 1.807) is 6.07 Å². The minimum atomic E-state index is -1.10. The lowest BCUT2D eigenvalue weighted by Gasteiger charge is -2.02. The second kappa shape index (κ2) is 5.11. The normalized spacial score (nSPS) is 13.0. The van der Waals surface area contributed by atoms with E-state index in [-0.39, 0.29) is 11.5 Å². The van der Waals surface area contributed by atoms with E-state index in [0.717, 1.165) is 0 Å². The molecule has 5 heteroatoms. The minimum Gasteiger partial charge on any atom is -0.475 e. The van der Waals surface area contributed by atoms with Gasteiger partial charge in [-0.05, 0) is 18.1 Å². The summed E-state index contributed by atoms with van der Waals surface area (Å²) in [6.45, 7) is 3.98.